The Morgan fingerprint density at radius 2 is 1.00 bits per heavy atom. The molecule has 8 heteroatoms. The van der Waals surface area contributed by atoms with Crippen molar-refractivity contribution in [2.45, 2.75) is 117 Å². The first-order chi connectivity index (χ1) is 14.8. The summed E-state index contributed by atoms with van der Waals surface area (Å²) in [6.45, 7) is 4.19. The fourth-order valence-electron chi connectivity index (χ4n) is 2.58. The van der Waals surface area contributed by atoms with Crippen LogP contribution in [0.5, 0.6) is 0 Å². The monoisotopic (exact) mass is 479 g/mol. The van der Waals surface area contributed by atoms with E-state index in [0.717, 1.165) is 12.8 Å². The highest BCUT2D eigenvalue weighted by atomic mass is 32.1. The van der Waals surface area contributed by atoms with E-state index in [9.17, 15) is 14.4 Å². The maximum Gasteiger partial charge on any atom is 0.303 e. The third-order valence-electron chi connectivity index (χ3n) is 4.24. The first-order valence-electron chi connectivity index (χ1n) is 11.8. The molecule has 0 aromatic rings. The third kappa shape index (κ3) is 51.3. The minimum absolute atomic E-state index is 0. The lowest BCUT2D eigenvalue weighted by Crippen LogP contribution is -2.09. The molecule has 0 saturated heterocycles. The van der Waals surface area contributed by atoms with Crippen LogP contribution in [-0.2, 0) is 14.4 Å². The number of nitrogens with two attached hydrogens (primary N) is 1. The minimum Gasteiger partial charge on any atom is -0.481 e. The van der Waals surface area contributed by atoms with Crippen LogP contribution in [0.15, 0.2) is 12.2 Å². The minimum atomic E-state index is -1.08. The van der Waals surface area contributed by atoms with Gasteiger partial charge in [-0.15, -0.1) is 0 Å². The van der Waals surface area contributed by atoms with E-state index in [1.165, 1.54) is 70.6 Å². The number of carboxylic acid groups (broad SMARTS) is 2. The maximum absolute atomic E-state index is 10.5. The number of unbranched alkanes of at least 4 members (excludes halogenated alkanes) is 11. The Morgan fingerprint density at radius 3 is 1.34 bits per heavy atom. The number of aliphatic carboxylic acids is 2. The van der Waals surface area contributed by atoms with E-state index in [4.69, 9.17) is 21.1 Å². The summed E-state index contributed by atoms with van der Waals surface area (Å²) in [5.41, 5.74) is 5.10. The first kappa shape index (κ1) is 37.8. The fraction of sp³-hybridized carbons (Fsp3) is 0.792. The Balaban J connectivity index is -0.000000272. The summed E-state index contributed by atoms with van der Waals surface area (Å²) < 4.78 is 0. The van der Waals surface area contributed by atoms with Crippen LogP contribution < -0.4 is 5.73 Å². The molecule has 0 radical (unpaired) electrons. The van der Waals surface area contributed by atoms with E-state index in [1.807, 2.05) is 0 Å². The van der Waals surface area contributed by atoms with E-state index < -0.39 is 11.9 Å². The van der Waals surface area contributed by atoms with Gasteiger partial charge in [-0.25, -0.2) is 0 Å². The smallest absolute Gasteiger partial charge is 0.303 e. The van der Waals surface area contributed by atoms with E-state index in [0.29, 0.717) is 6.42 Å². The second kappa shape index (κ2) is 34.1. The Hall–Kier alpha value is -1.54. The number of primary amides is 1. The number of hydrogen-bond acceptors (Lipinski definition) is 4. The summed E-state index contributed by atoms with van der Waals surface area (Å²) in [7, 11) is 0. The van der Waals surface area contributed by atoms with Gasteiger partial charge in [-0.2, -0.15) is 13.5 Å². The van der Waals surface area contributed by atoms with Crippen molar-refractivity contribution in [3.05, 3.63) is 12.2 Å². The molecule has 1 amide bonds. The number of carbonyl (C=O) groups is 3. The molecule has 0 aliphatic heterocycles. The van der Waals surface area contributed by atoms with Gasteiger partial charge >= 0.3 is 11.9 Å². The Bertz CT molecular complexity index is 430. The number of aliphatic hydroxyl groups is 1. The quantitative estimate of drug-likeness (QED) is 0.150. The van der Waals surface area contributed by atoms with Crippen LogP contribution in [0.3, 0.4) is 0 Å². The second-order valence-electron chi connectivity index (χ2n) is 7.40. The van der Waals surface area contributed by atoms with E-state index in [-0.39, 0.29) is 38.9 Å². The van der Waals surface area contributed by atoms with Crippen LogP contribution in [0, 0.1) is 0 Å². The zero-order valence-electron chi connectivity index (χ0n) is 20.3. The molecule has 0 heterocycles. The Labute approximate surface area is 202 Å². The molecule has 192 valence electrons. The standard InChI is InChI=1S/C18H35NO.C4H6O4.C2H6O.H2S/c1-2-3-4-5-6-7-8-9-10-11-12-13-14-15-16-17-18(19)20;5-3(6)1-2-4(7)8;1-2-3;/h9-10H,2-8,11-17H2,1H3,(H2,19,20);1-2H2,(H,5,6)(H,7,8);3H,2H2,1H3;1H2/b10-9-;;;. The van der Waals surface area contributed by atoms with Crippen molar-refractivity contribution >= 4 is 31.3 Å². The van der Waals surface area contributed by atoms with Crippen LogP contribution in [0.1, 0.15) is 117 Å². The molecular weight excluding hydrogens is 430 g/mol. The number of rotatable bonds is 18. The number of hydrogen-bond donors (Lipinski definition) is 4. The van der Waals surface area contributed by atoms with Gasteiger partial charge in [0.2, 0.25) is 5.91 Å². The average Bonchev–Trinajstić information content (AvgIpc) is 2.70. The van der Waals surface area contributed by atoms with Crippen LogP contribution in [0.25, 0.3) is 0 Å². The molecule has 0 aromatic heterocycles. The van der Waals surface area contributed by atoms with Crippen LogP contribution in [0.2, 0.25) is 0 Å². The van der Waals surface area contributed by atoms with Gasteiger partial charge in [-0.05, 0) is 39.0 Å². The molecule has 0 unspecified atom stereocenters. The summed E-state index contributed by atoms with van der Waals surface area (Å²) in [6, 6.07) is 0. The van der Waals surface area contributed by atoms with Gasteiger partial charge in [0.1, 0.15) is 0 Å². The Morgan fingerprint density at radius 1 is 0.656 bits per heavy atom. The van der Waals surface area contributed by atoms with Gasteiger partial charge in [0.05, 0.1) is 12.8 Å². The molecular formula is C24H49NO6S. The number of aliphatic hydroxyl groups excluding tert-OH is 1. The topological polar surface area (TPSA) is 138 Å². The Kier molecular flexibility index (Phi) is 40.2. The van der Waals surface area contributed by atoms with E-state index in [2.05, 4.69) is 19.1 Å². The summed E-state index contributed by atoms with van der Waals surface area (Å²) in [6.07, 6.45) is 21.3. The largest absolute Gasteiger partial charge is 0.481 e. The molecule has 0 fully saturated rings. The number of carboxylic acids is 2. The molecule has 0 aromatic carbocycles. The van der Waals surface area contributed by atoms with Crippen molar-refractivity contribution < 1.29 is 29.7 Å². The lowest BCUT2D eigenvalue weighted by Gasteiger charge is -1.99. The van der Waals surface area contributed by atoms with E-state index in [1.54, 1.807) is 6.92 Å². The van der Waals surface area contributed by atoms with Crippen molar-refractivity contribution in [2.75, 3.05) is 6.61 Å². The molecule has 0 atom stereocenters. The SMILES string of the molecule is CCCCCCCC/C=C\CCCCCCCC(N)=O.CCO.O=C(O)CCC(=O)O.S. The maximum atomic E-state index is 10.5. The van der Waals surface area contributed by atoms with Crippen molar-refractivity contribution in [3.63, 3.8) is 0 Å². The predicted molar refractivity (Wildman–Crippen MR) is 136 cm³/mol. The predicted octanol–water partition coefficient (Wildman–Crippen LogP) is 5.56. The number of amides is 1. The number of allylic oxidation sites excluding steroid dienone is 2. The normalized spacial score (nSPS) is 9.72. The summed E-state index contributed by atoms with van der Waals surface area (Å²) in [4.78, 5) is 29.8. The second-order valence-corrected chi connectivity index (χ2v) is 7.40. The van der Waals surface area contributed by atoms with Gasteiger partial charge in [0, 0.05) is 13.0 Å². The lowest BCUT2D eigenvalue weighted by molar-refractivity contribution is -0.143. The zero-order valence-corrected chi connectivity index (χ0v) is 21.3. The summed E-state index contributed by atoms with van der Waals surface area (Å²) in [5, 5.41) is 23.4. The van der Waals surface area contributed by atoms with Crippen molar-refractivity contribution in [1.82, 2.24) is 0 Å². The third-order valence-corrected chi connectivity index (χ3v) is 4.24. The van der Waals surface area contributed by atoms with Crippen LogP contribution >= 0.6 is 13.5 Å². The van der Waals surface area contributed by atoms with Gasteiger partial charge in [0.15, 0.2) is 0 Å². The molecule has 0 spiro atoms. The molecule has 0 rings (SSSR count). The number of carbonyl (C=O) groups excluding carboxylic acids is 1. The molecule has 0 aliphatic carbocycles. The molecule has 5 N–H and O–H groups in total. The molecule has 7 nitrogen and oxygen atoms in total. The highest BCUT2D eigenvalue weighted by Crippen LogP contribution is 2.09. The van der Waals surface area contributed by atoms with Gasteiger partial charge in [-0.3, -0.25) is 14.4 Å². The molecule has 32 heavy (non-hydrogen) atoms. The average molecular weight is 480 g/mol. The van der Waals surface area contributed by atoms with Crippen molar-refractivity contribution in [2.24, 2.45) is 5.73 Å². The van der Waals surface area contributed by atoms with E-state index >= 15 is 0 Å². The highest BCUT2D eigenvalue weighted by Gasteiger charge is 2.00. The first-order valence-corrected chi connectivity index (χ1v) is 11.8. The van der Waals surface area contributed by atoms with Crippen molar-refractivity contribution in [1.29, 1.82) is 0 Å². The van der Waals surface area contributed by atoms with Gasteiger partial charge < -0.3 is 21.1 Å². The fourth-order valence-corrected chi connectivity index (χ4v) is 2.58. The lowest BCUT2D eigenvalue weighted by atomic mass is 10.1. The zero-order chi connectivity index (χ0) is 24.2. The summed E-state index contributed by atoms with van der Waals surface area (Å²) >= 11 is 0. The summed E-state index contributed by atoms with van der Waals surface area (Å²) in [5.74, 6) is -2.32. The molecule has 0 saturated carbocycles. The van der Waals surface area contributed by atoms with Crippen molar-refractivity contribution in [3.8, 4) is 0 Å². The van der Waals surface area contributed by atoms with Crippen LogP contribution in [0.4, 0.5) is 0 Å². The highest BCUT2D eigenvalue weighted by molar-refractivity contribution is 7.59. The van der Waals surface area contributed by atoms with Gasteiger partial charge in [-0.1, -0.05) is 70.4 Å². The van der Waals surface area contributed by atoms with Gasteiger partial charge in [0.25, 0.3) is 0 Å². The van der Waals surface area contributed by atoms with Crippen LogP contribution in [-0.4, -0.2) is 39.8 Å². The molecule has 0 bridgehead atoms. The molecule has 0 aliphatic rings.